The Kier molecular flexibility index (Phi) is 5.80. The molecular weight excluding hydrogens is 312 g/mol. The van der Waals surface area contributed by atoms with Crippen molar-refractivity contribution in [1.29, 1.82) is 0 Å². The van der Waals surface area contributed by atoms with E-state index >= 15 is 0 Å². The topological polar surface area (TPSA) is 74.3 Å². The zero-order valence-corrected chi connectivity index (χ0v) is 13.6. The summed E-state index contributed by atoms with van der Waals surface area (Å²) in [6, 6.07) is 3.24. The number of anilines is 1. The molecule has 0 saturated carbocycles. The van der Waals surface area contributed by atoms with Crippen molar-refractivity contribution < 1.29 is 8.42 Å². The summed E-state index contributed by atoms with van der Waals surface area (Å²) in [5, 5.41) is 3.51. The molecule has 1 fully saturated rings. The maximum atomic E-state index is 12.6. The number of piperidine rings is 1. The average molecular weight is 333 g/mol. The predicted octanol–water partition coefficient (Wildman–Crippen LogP) is 1.86. The summed E-state index contributed by atoms with van der Waals surface area (Å²) in [7, 11) is -3.64. The summed E-state index contributed by atoms with van der Waals surface area (Å²) in [4.78, 5) is 3.98. The van der Waals surface area contributed by atoms with Gasteiger partial charge in [-0.05, 0) is 31.5 Å². The van der Waals surface area contributed by atoms with Crippen LogP contribution in [0, 0.1) is 0 Å². The number of halogens is 1. The van der Waals surface area contributed by atoms with Gasteiger partial charge in [-0.25, -0.2) is 4.98 Å². The lowest BCUT2D eigenvalue weighted by molar-refractivity contribution is 0.248. The fraction of sp³-hybridized carbons (Fsp3) is 0.615. The summed E-state index contributed by atoms with van der Waals surface area (Å²) < 4.78 is 29.1. The molecule has 1 aliphatic heterocycles. The summed E-state index contributed by atoms with van der Waals surface area (Å²) in [5.74, 6) is 0.173. The maximum absolute atomic E-state index is 12.6. The quantitative estimate of drug-likeness (QED) is 0.833. The number of likely N-dealkylation sites (N-methyl/N-ethyl adjacent to an activating group) is 1. The minimum atomic E-state index is -3.64. The van der Waals surface area contributed by atoms with E-state index in [1.165, 1.54) is 10.5 Å². The predicted molar refractivity (Wildman–Crippen MR) is 84.7 cm³/mol. The first-order chi connectivity index (χ1) is 10.0. The summed E-state index contributed by atoms with van der Waals surface area (Å²) in [6.45, 7) is 4.01. The Hall–Kier alpha value is -0.890. The van der Waals surface area contributed by atoms with E-state index in [-0.39, 0.29) is 11.9 Å². The number of pyridine rings is 1. The molecule has 1 saturated heterocycles. The lowest BCUT2D eigenvalue weighted by Gasteiger charge is -2.34. The van der Waals surface area contributed by atoms with Crippen LogP contribution in [0.1, 0.15) is 26.2 Å². The van der Waals surface area contributed by atoms with Gasteiger partial charge in [-0.15, -0.1) is 0 Å². The normalized spacial score (nSPS) is 20.4. The Morgan fingerprint density at radius 1 is 1.48 bits per heavy atom. The van der Waals surface area contributed by atoms with Crippen molar-refractivity contribution in [3.05, 3.63) is 23.4 Å². The van der Waals surface area contributed by atoms with E-state index in [1.807, 2.05) is 6.92 Å². The molecule has 1 atom stereocenters. The molecule has 0 bridgehead atoms. The maximum Gasteiger partial charge on any atom is 0.303 e. The zero-order valence-electron chi connectivity index (χ0n) is 12.0. The number of aromatic nitrogens is 1. The number of hydrogen-bond acceptors (Lipinski definition) is 4. The van der Waals surface area contributed by atoms with Crippen molar-refractivity contribution in [2.45, 2.75) is 32.2 Å². The summed E-state index contributed by atoms with van der Waals surface area (Å²) >= 11 is 5.97. The molecule has 2 rings (SSSR count). The number of nitrogens with zero attached hydrogens (tertiary/aromatic N) is 2. The standard InChI is InChI=1S/C13H21ClN4O2S/c1-2-15-10-11-6-3-4-9-18(11)21(19,20)17-13-12(14)7-5-8-16-13/h5,7-8,11,15H,2-4,6,9-10H2,1H3,(H,16,17). The first-order valence-corrected chi connectivity index (χ1v) is 8.97. The van der Waals surface area contributed by atoms with E-state index in [1.54, 1.807) is 12.1 Å². The molecule has 21 heavy (non-hydrogen) atoms. The second kappa shape index (κ2) is 7.40. The average Bonchev–Trinajstić information content (AvgIpc) is 2.47. The molecule has 1 aromatic rings. The van der Waals surface area contributed by atoms with Crippen molar-refractivity contribution in [1.82, 2.24) is 14.6 Å². The molecule has 0 amide bonds. The number of nitrogens with one attached hydrogen (secondary N) is 2. The van der Waals surface area contributed by atoms with Crippen LogP contribution in [0.25, 0.3) is 0 Å². The highest BCUT2D eigenvalue weighted by atomic mass is 35.5. The molecule has 0 aromatic carbocycles. The Labute approximate surface area is 131 Å². The Balaban J connectivity index is 2.14. The Bertz CT molecular complexity index is 567. The van der Waals surface area contributed by atoms with E-state index in [9.17, 15) is 8.42 Å². The van der Waals surface area contributed by atoms with E-state index in [0.717, 1.165) is 25.8 Å². The fourth-order valence-corrected chi connectivity index (χ4v) is 4.14. The molecule has 0 aliphatic carbocycles. The second-order valence-electron chi connectivity index (χ2n) is 5.01. The molecule has 118 valence electrons. The van der Waals surface area contributed by atoms with Gasteiger partial charge in [0.25, 0.3) is 0 Å². The van der Waals surface area contributed by atoms with Crippen molar-refractivity contribution in [3.8, 4) is 0 Å². The van der Waals surface area contributed by atoms with Gasteiger partial charge in [-0.2, -0.15) is 12.7 Å². The number of hydrogen-bond donors (Lipinski definition) is 2. The first kappa shape index (κ1) is 16.5. The van der Waals surface area contributed by atoms with Gasteiger partial charge in [0, 0.05) is 25.3 Å². The van der Waals surface area contributed by atoms with Gasteiger partial charge < -0.3 is 5.32 Å². The van der Waals surface area contributed by atoms with Gasteiger partial charge in [-0.3, -0.25) is 4.72 Å². The van der Waals surface area contributed by atoms with Gasteiger partial charge in [0.1, 0.15) is 0 Å². The largest absolute Gasteiger partial charge is 0.315 e. The van der Waals surface area contributed by atoms with E-state index in [0.29, 0.717) is 18.1 Å². The van der Waals surface area contributed by atoms with Crippen LogP contribution in [0.4, 0.5) is 5.82 Å². The van der Waals surface area contributed by atoms with Crippen molar-refractivity contribution in [2.75, 3.05) is 24.4 Å². The monoisotopic (exact) mass is 332 g/mol. The Morgan fingerprint density at radius 2 is 2.29 bits per heavy atom. The van der Waals surface area contributed by atoms with Crippen LogP contribution in [0.3, 0.4) is 0 Å². The lowest BCUT2D eigenvalue weighted by atomic mass is 10.1. The molecule has 2 N–H and O–H groups in total. The van der Waals surface area contributed by atoms with Gasteiger partial charge in [-0.1, -0.05) is 24.9 Å². The van der Waals surface area contributed by atoms with Crippen LogP contribution in [0.15, 0.2) is 18.3 Å². The van der Waals surface area contributed by atoms with Gasteiger partial charge in [0.2, 0.25) is 0 Å². The van der Waals surface area contributed by atoms with E-state index < -0.39 is 10.2 Å². The van der Waals surface area contributed by atoms with Gasteiger partial charge in [0.15, 0.2) is 5.82 Å². The first-order valence-electron chi connectivity index (χ1n) is 7.15. The van der Waals surface area contributed by atoms with Gasteiger partial charge in [0.05, 0.1) is 5.02 Å². The molecule has 1 unspecified atom stereocenters. The van der Waals surface area contributed by atoms with Crippen molar-refractivity contribution in [2.24, 2.45) is 0 Å². The highest BCUT2D eigenvalue weighted by Gasteiger charge is 2.32. The molecule has 1 aromatic heterocycles. The zero-order chi connectivity index (χ0) is 15.3. The minimum Gasteiger partial charge on any atom is -0.315 e. The van der Waals surface area contributed by atoms with Crippen LogP contribution in [-0.2, 0) is 10.2 Å². The van der Waals surface area contributed by atoms with Crippen LogP contribution < -0.4 is 10.0 Å². The molecule has 2 heterocycles. The molecule has 0 spiro atoms. The summed E-state index contributed by atoms with van der Waals surface area (Å²) in [5.41, 5.74) is 0. The molecular formula is C13H21ClN4O2S. The highest BCUT2D eigenvalue weighted by molar-refractivity contribution is 7.90. The van der Waals surface area contributed by atoms with Crippen LogP contribution in [0.2, 0.25) is 5.02 Å². The Morgan fingerprint density at radius 3 is 3.00 bits per heavy atom. The smallest absolute Gasteiger partial charge is 0.303 e. The third-order valence-electron chi connectivity index (χ3n) is 3.50. The lowest BCUT2D eigenvalue weighted by Crippen LogP contribution is -2.50. The molecule has 0 radical (unpaired) electrons. The molecule has 1 aliphatic rings. The van der Waals surface area contributed by atoms with Crippen LogP contribution in [0.5, 0.6) is 0 Å². The third kappa shape index (κ3) is 4.29. The minimum absolute atomic E-state index is 0.0290. The molecule has 8 heteroatoms. The van der Waals surface area contributed by atoms with Crippen molar-refractivity contribution in [3.63, 3.8) is 0 Å². The molecule has 6 nitrogen and oxygen atoms in total. The van der Waals surface area contributed by atoms with E-state index in [4.69, 9.17) is 11.6 Å². The highest BCUT2D eigenvalue weighted by Crippen LogP contribution is 2.24. The number of rotatable bonds is 6. The van der Waals surface area contributed by atoms with Crippen LogP contribution in [-0.4, -0.2) is 43.4 Å². The van der Waals surface area contributed by atoms with Gasteiger partial charge >= 0.3 is 10.2 Å². The van der Waals surface area contributed by atoms with Crippen molar-refractivity contribution >= 4 is 27.6 Å². The third-order valence-corrected chi connectivity index (χ3v) is 5.35. The van der Waals surface area contributed by atoms with E-state index in [2.05, 4.69) is 15.0 Å². The fourth-order valence-electron chi connectivity index (χ4n) is 2.45. The second-order valence-corrected chi connectivity index (χ2v) is 7.04. The van der Waals surface area contributed by atoms with Crippen LogP contribution >= 0.6 is 11.6 Å². The summed E-state index contributed by atoms with van der Waals surface area (Å²) in [6.07, 6.45) is 4.30. The SMILES string of the molecule is CCNCC1CCCCN1S(=O)(=O)Nc1ncccc1Cl.